The van der Waals surface area contributed by atoms with Crippen LogP contribution in [0.2, 0.25) is 10.0 Å². The molecule has 2 fully saturated rings. The van der Waals surface area contributed by atoms with Crippen LogP contribution >= 0.6 is 23.2 Å². The summed E-state index contributed by atoms with van der Waals surface area (Å²) in [5.74, 6) is 0.0389. The maximum absolute atomic E-state index is 13.5. The Labute approximate surface area is 226 Å². The molecule has 2 bridgehead atoms. The Kier molecular flexibility index (Phi) is 6.68. The SMILES string of the molecule is O=C(OCC(=O)N1N=C2/C(=C\c3ccc(Cl)cc3)CCC[C@H]2[C@@H]1c1ccc(Cl)cc1)[C@@H]1C[C@H]2C=C[C@H]1C2. The Bertz CT molecular complexity index is 1300. The van der Waals surface area contributed by atoms with Gasteiger partial charge in [-0.15, -0.1) is 0 Å². The lowest BCUT2D eigenvalue weighted by Crippen LogP contribution is -2.35. The molecule has 1 heterocycles. The number of fused-ring (bicyclic) bond motifs is 3. The Morgan fingerprint density at radius 3 is 2.41 bits per heavy atom. The van der Waals surface area contributed by atoms with Gasteiger partial charge >= 0.3 is 5.97 Å². The Balaban J connectivity index is 1.26. The van der Waals surface area contributed by atoms with Gasteiger partial charge in [-0.1, -0.05) is 59.6 Å². The van der Waals surface area contributed by atoms with Crippen LogP contribution in [0.5, 0.6) is 0 Å². The van der Waals surface area contributed by atoms with Crippen LogP contribution in [0.4, 0.5) is 0 Å². The third-order valence-electron chi connectivity index (χ3n) is 8.10. The number of nitrogens with zero attached hydrogens (tertiary/aromatic N) is 2. The molecular formula is C30H28Cl2N2O3. The van der Waals surface area contributed by atoms with E-state index in [0.717, 1.165) is 54.5 Å². The van der Waals surface area contributed by atoms with Crippen molar-refractivity contribution >= 4 is 46.9 Å². The van der Waals surface area contributed by atoms with E-state index in [2.05, 4.69) is 18.2 Å². The number of hydrogen-bond donors (Lipinski definition) is 0. The Morgan fingerprint density at radius 1 is 1.00 bits per heavy atom. The third kappa shape index (κ3) is 4.87. The summed E-state index contributed by atoms with van der Waals surface area (Å²) in [7, 11) is 0. The molecule has 2 aromatic carbocycles. The van der Waals surface area contributed by atoms with E-state index in [1.165, 1.54) is 5.01 Å². The highest BCUT2D eigenvalue weighted by molar-refractivity contribution is 6.30. The number of carbonyl (C=O) groups excluding carboxylic acids is 2. The molecular weight excluding hydrogens is 507 g/mol. The molecule has 0 spiro atoms. The maximum atomic E-state index is 13.5. The molecule has 5 atom stereocenters. The molecule has 37 heavy (non-hydrogen) atoms. The van der Waals surface area contributed by atoms with Gasteiger partial charge < -0.3 is 4.74 Å². The normalized spacial score (nSPS) is 28.9. The average Bonchev–Trinajstić information content (AvgIpc) is 3.64. The van der Waals surface area contributed by atoms with E-state index in [-0.39, 0.29) is 42.3 Å². The van der Waals surface area contributed by atoms with Crippen molar-refractivity contribution in [2.24, 2.45) is 28.8 Å². The minimum Gasteiger partial charge on any atom is -0.455 e. The fourth-order valence-electron chi connectivity index (χ4n) is 6.32. The summed E-state index contributed by atoms with van der Waals surface area (Å²) in [5.41, 5.74) is 4.07. The van der Waals surface area contributed by atoms with Gasteiger partial charge in [0, 0.05) is 16.0 Å². The smallest absolute Gasteiger partial charge is 0.310 e. The first-order chi connectivity index (χ1) is 18.0. The number of hydrogen-bond acceptors (Lipinski definition) is 4. The highest BCUT2D eigenvalue weighted by Gasteiger charge is 2.45. The fraction of sp³-hybridized carbons (Fsp3) is 0.367. The molecule has 1 amide bonds. The van der Waals surface area contributed by atoms with Gasteiger partial charge in [-0.2, -0.15) is 5.10 Å². The highest BCUT2D eigenvalue weighted by atomic mass is 35.5. The van der Waals surface area contributed by atoms with Gasteiger partial charge in [-0.05, 0) is 91.0 Å². The molecule has 2 aromatic rings. The molecule has 7 heteroatoms. The van der Waals surface area contributed by atoms with E-state index in [9.17, 15) is 9.59 Å². The second-order valence-electron chi connectivity index (χ2n) is 10.4. The van der Waals surface area contributed by atoms with E-state index < -0.39 is 0 Å². The number of amides is 1. The summed E-state index contributed by atoms with van der Waals surface area (Å²) in [5, 5.41) is 7.74. The minimum atomic E-state index is -0.306. The van der Waals surface area contributed by atoms with Crippen molar-refractivity contribution in [2.45, 2.75) is 38.1 Å². The highest BCUT2D eigenvalue weighted by Crippen LogP contribution is 2.45. The van der Waals surface area contributed by atoms with Crippen molar-refractivity contribution in [3.8, 4) is 0 Å². The second-order valence-corrected chi connectivity index (χ2v) is 11.3. The molecule has 0 aromatic heterocycles. The number of allylic oxidation sites excluding steroid dienone is 3. The van der Waals surface area contributed by atoms with E-state index in [1.54, 1.807) is 0 Å². The quantitative estimate of drug-likeness (QED) is 0.310. The zero-order chi connectivity index (χ0) is 25.5. The second kappa shape index (κ2) is 10.1. The molecule has 4 aliphatic rings. The van der Waals surface area contributed by atoms with Crippen LogP contribution in [-0.2, 0) is 14.3 Å². The third-order valence-corrected chi connectivity index (χ3v) is 8.60. The Hall–Kier alpha value is -2.89. The maximum Gasteiger partial charge on any atom is 0.310 e. The number of rotatable bonds is 5. The minimum absolute atomic E-state index is 0.0591. The van der Waals surface area contributed by atoms with Crippen molar-refractivity contribution in [1.82, 2.24) is 5.01 Å². The van der Waals surface area contributed by atoms with E-state index in [1.807, 2.05) is 48.5 Å². The molecule has 0 radical (unpaired) electrons. The number of benzene rings is 2. The first-order valence-electron chi connectivity index (χ1n) is 12.9. The van der Waals surface area contributed by atoms with Gasteiger partial charge in [-0.3, -0.25) is 9.59 Å². The lowest BCUT2D eigenvalue weighted by molar-refractivity contribution is -0.157. The average molecular weight is 535 g/mol. The van der Waals surface area contributed by atoms with Gasteiger partial charge in [0.05, 0.1) is 17.7 Å². The van der Waals surface area contributed by atoms with Gasteiger partial charge in [0.25, 0.3) is 5.91 Å². The van der Waals surface area contributed by atoms with Crippen LogP contribution in [0, 0.1) is 23.7 Å². The predicted molar refractivity (Wildman–Crippen MR) is 145 cm³/mol. The lowest BCUT2D eigenvalue weighted by atomic mass is 9.77. The molecule has 0 N–H and O–H groups in total. The summed E-state index contributed by atoms with van der Waals surface area (Å²) in [6.45, 7) is -0.305. The van der Waals surface area contributed by atoms with E-state index in [4.69, 9.17) is 33.0 Å². The van der Waals surface area contributed by atoms with Crippen LogP contribution in [0.1, 0.15) is 49.3 Å². The largest absolute Gasteiger partial charge is 0.455 e. The number of esters is 1. The molecule has 0 saturated heterocycles. The molecule has 3 aliphatic carbocycles. The molecule has 2 saturated carbocycles. The van der Waals surface area contributed by atoms with Crippen LogP contribution in [0.25, 0.3) is 6.08 Å². The summed E-state index contributed by atoms with van der Waals surface area (Å²) in [6.07, 6.45) is 11.1. The summed E-state index contributed by atoms with van der Waals surface area (Å²) in [6, 6.07) is 15.0. The standard InChI is InChI=1S/C30H28Cl2N2O3/c31-23-10-5-18(6-11-23)14-22-2-1-3-25-28(22)33-34(29(25)20-8-12-24(32)13-9-20)27(35)17-37-30(36)26-16-19-4-7-21(26)15-19/h4-14,19,21,25-26,29H,1-3,15-17H2/b22-14-/t19-,21-,25+,26+,29-/m0/s1. The number of carbonyl (C=O) groups is 2. The van der Waals surface area contributed by atoms with Crippen LogP contribution in [-0.4, -0.2) is 29.2 Å². The molecule has 6 rings (SSSR count). The first-order valence-corrected chi connectivity index (χ1v) is 13.7. The van der Waals surface area contributed by atoms with Gasteiger partial charge in [0.2, 0.25) is 0 Å². The van der Waals surface area contributed by atoms with Gasteiger partial charge in [0.15, 0.2) is 6.61 Å². The van der Waals surface area contributed by atoms with Crippen molar-refractivity contribution in [3.63, 3.8) is 0 Å². The molecule has 190 valence electrons. The van der Waals surface area contributed by atoms with E-state index >= 15 is 0 Å². The topological polar surface area (TPSA) is 59.0 Å². The number of halogens is 2. The van der Waals surface area contributed by atoms with Crippen molar-refractivity contribution in [3.05, 3.63) is 87.4 Å². The molecule has 1 aliphatic heterocycles. The van der Waals surface area contributed by atoms with Crippen LogP contribution < -0.4 is 0 Å². The molecule has 5 nitrogen and oxygen atoms in total. The van der Waals surface area contributed by atoms with Gasteiger partial charge in [0.1, 0.15) is 0 Å². The number of ether oxygens (including phenoxy) is 1. The Morgan fingerprint density at radius 2 is 1.73 bits per heavy atom. The predicted octanol–water partition coefficient (Wildman–Crippen LogP) is 6.87. The van der Waals surface area contributed by atoms with E-state index in [0.29, 0.717) is 16.0 Å². The molecule has 0 unspecified atom stereocenters. The van der Waals surface area contributed by atoms with Crippen LogP contribution in [0.15, 0.2) is 71.4 Å². The number of hydrazone groups is 1. The summed E-state index contributed by atoms with van der Waals surface area (Å²) >= 11 is 12.2. The fourth-order valence-corrected chi connectivity index (χ4v) is 6.57. The van der Waals surface area contributed by atoms with Crippen molar-refractivity contribution < 1.29 is 14.3 Å². The van der Waals surface area contributed by atoms with Crippen molar-refractivity contribution in [1.29, 1.82) is 0 Å². The lowest BCUT2D eigenvalue weighted by Gasteiger charge is -2.29. The van der Waals surface area contributed by atoms with Crippen LogP contribution in [0.3, 0.4) is 0 Å². The monoisotopic (exact) mass is 534 g/mol. The van der Waals surface area contributed by atoms with Crippen molar-refractivity contribution in [2.75, 3.05) is 6.61 Å². The van der Waals surface area contributed by atoms with Gasteiger partial charge in [-0.25, -0.2) is 5.01 Å². The summed E-state index contributed by atoms with van der Waals surface area (Å²) in [4.78, 5) is 26.3. The summed E-state index contributed by atoms with van der Waals surface area (Å²) < 4.78 is 5.56. The first kappa shape index (κ1) is 24.4. The zero-order valence-electron chi connectivity index (χ0n) is 20.4. The zero-order valence-corrected chi connectivity index (χ0v) is 21.9.